The number of aryl methyl sites for hydroxylation is 1. The minimum absolute atomic E-state index is 0.244. The van der Waals surface area contributed by atoms with Crippen LogP contribution in [0.25, 0.3) is 0 Å². The van der Waals surface area contributed by atoms with Gasteiger partial charge < -0.3 is 0 Å². The molecular weight excluding hydrogens is 211 g/mol. The zero-order chi connectivity index (χ0) is 12.6. The molecule has 1 unspecified atom stereocenters. The molecule has 1 rings (SSSR count). The van der Waals surface area contributed by atoms with Crippen molar-refractivity contribution < 1.29 is 0 Å². The molecule has 1 aromatic rings. The molecule has 0 spiro atoms. The van der Waals surface area contributed by atoms with Gasteiger partial charge in [-0.05, 0) is 30.1 Å². The monoisotopic (exact) mass is 236 g/mol. The van der Waals surface area contributed by atoms with Crippen LogP contribution in [-0.4, -0.2) is 6.66 Å². The summed E-state index contributed by atoms with van der Waals surface area (Å²) in [7, 11) is 0.938. The highest BCUT2D eigenvalue weighted by atomic mass is 31.1. The van der Waals surface area contributed by atoms with Gasteiger partial charge >= 0.3 is 0 Å². The van der Waals surface area contributed by atoms with Crippen molar-refractivity contribution in [2.45, 2.75) is 52.1 Å². The highest BCUT2D eigenvalue weighted by Gasteiger charge is 2.21. The highest BCUT2D eigenvalue weighted by molar-refractivity contribution is 7.38. The zero-order valence-corrected chi connectivity index (χ0v) is 12.7. The van der Waals surface area contributed by atoms with Gasteiger partial charge in [0, 0.05) is 5.16 Å². The fraction of sp³-hybridized carbons (Fsp3) is 0.600. The maximum Gasteiger partial charge on any atom is 0.00674 e. The van der Waals surface area contributed by atoms with Gasteiger partial charge in [-0.1, -0.05) is 58.4 Å². The Hall–Kier alpha value is -0.350. The molecule has 1 atom stereocenters. The first kappa shape index (κ1) is 13.7. The van der Waals surface area contributed by atoms with Crippen LogP contribution in [0.15, 0.2) is 18.2 Å². The number of hydrogen-bond donors (Lipinski definition) is 0. The van der Waals surface area contributed by atoms with Crippen LogP contribution < -0.4 is 0 Å². The van der Waals surface area contributed by atoms with Gasteiger partial charge in [-0.3, -0.25) is 0 Å². The molecule has 0 amide bonds. The van der Waals surface area contributed by atoms with Crippen LogP contribution in [0.1, 0.15) is 51.3 Å². The average Bonchev–Trinajstić information content (AvgIpc) is 2.15. The molecule has 0 nitrogen and oxygen atoms in total. The fourth-order valence-corrected chi connectivity index (χ4v) is 2.15. The van der Waals surface area contributed by atoms with Gasteiger partial charge in [-0.25, -0.2) is 0 Å². The molecule has 0 saturated heterocycles. The van der Waals surface area contributed by atoms with Crippen molar-refractivity contribution in [2.24, 2.45) is 0 Å². The molecule has 90 valence electrons. The van der Waals surface area contributed by atoms with Crippen LogP contribution in [0.5, 0.6) is 0 Å². The minimum atomic E-state index is 0.244. The van der Waals surface area contributed by atoms with Crippen LogP contribution >= 0.6 is 8.58 Å². The Bertz CT molecular complexity index is 370. The van der Waals surface area contributed by atoms with E-state index in [0.29, 0.717) is 5.16 Å². The normalized spacial score (nSPS) is 13.7. The van der Waals surface area contributed by atoms with E-state index in [1.807, 2.05) is 0 Å². The first-order valence-corrected chi connectivity index (χ1v) is 7.48. The first-order valence-electron chi connectivity index (χ1n) is 5.98. The topological polar surface area (TPSA) is 0 Å². The van der Waals surface area contributed by atoms with Crippen molar-refractivity contribution in [3.05, 3.63) is 34.9 Å². The van der Waals surface area contributed by atoms with Crippen molar-refractivity contribution >= 4 is 8.58 Å². The molecule has 0 fully saturated rings. The molecular formula is C15H25P. The van der Waals surface area contributed by atoms with Crippen LogP contribution in [0.4, 0.5) is 0 Å². The third-order valence-electron chi connectivity index (χ3n) is 3.29. The lowest BCUT2D eigenvalue weighted by atomic mass is 9.83. The average molecular weight is 236 g/mol. The number of rotatable bonds is 2. The Balaban J connectivity index is 3.29. The second-order valence-electron chi connectivity index (χ2n) is 6.21. The number of hydrogen-bond acceptors (Lipinski definition) is 0. The van der Waals surface area contributed by atoms with Gasteiger partial charge in [-0.2, -0.15) is 0 Å². The number of benzene rings is 1. The Labute approximate surface area is 103 Å². The van der Waals surface area contributed by atoms with Gasteiger partial charge in [0.25, 0.3) is 0 Å². The summed E-state index contributed by atoms with van der Waals surface area (Å²) in [4.78, 5) is 0. The van der Waals surface area contributed by atoms with E-state index >= 15 is 0 Å². The lowest BCUT2D eigenvalue weighted by Crippen LogP contribution is -2.15. The van der Waals surface area contributed by atoms with Crippen LogP contribution in [-0.2, 0) is 10.6 Å². The molecule has 1 heteroatoms. The lowest BCUT2D eigenvalue weighted by molar-refractivity contribution is 0.587. The van der Waals surface area contributed by atoms with Gasteiger partial charge in [0.1, 0.15) is 0 Å². The summed E-state index contributed by atoms with van der Waals surface area (Å²) in [5, 5.41) is 0.312. The zero-order valence-electron chi connectivity index (χ0n) is 11.7. The fourth-order valence-electron chi connectivity index (χ4n) is 1.72. The molecule has 0 aliphatic rings. The van der Waals surface area contributed by atoms with E-state index in [-0.39, 0.29) is 5.41 Å². The smallest absolute Gasteiger partial charge is 0.00674 e. The van der Waals surface area contributed by atoms with Crippen molar-refractivity contribution in [3.63, 3.8) is 0 Å². The summed E-state index contributed by atoms with van der Waals surface area (Å²) in [6, 6.07) is 7.05. The van der Waals surface area contributed by atoms with E-state index in [2.05, 4.69) is 66.4 Å². The quantitative estimate of drug-likeness (QED) is 0.645. The van der Waals surface area contributed by atoms with E-state index < -0.39 is 0 Å². The molecule has 0 aliphatic heterocycles. The Kier molecular flexibility index (Phi) is 3.85. The summed E-state index contributed by atoms with van der Waals surface area (Å²) in [5.41, 5.74) is 4.56. The van der Waals surface area contributed by atoms with Gasteiger partial charge in [0.05, 0.1) is 0 Å². The van der Waals surface area contributed by atoms with Crippen molar-refractivity contribution in [2.75, 3.05) is 6.66 Å². The van der Waals surface area contributed by atoms with Gasteiger partial charge in [0.15, 0.2) is 0 Å². The van der Waals surface area contributed by atoms with E-state index in [4.69, 9.17) is 0 Å². The van der Waals surface area contributed by atoms with Crippen LogP contribution in [0, 0.1) is 6.92 Å². The van der Waals surface area contributed by atoms with E-state index in [1.54, 1.807) is 0 Å². The van der Waals surface area contributed by atoms with Crippen molar-refractivity contribution in [3.8, 4) is 0 Å². The SMILES string of the molecule is CPC(C)(C)c1cc(C)cc(C(C)(C)C)c1. The minimum Gasteiger partial charge on any atom is -0.115 e. The molecule has 0 aliphatic carbocycles. The molecule has 0 heterocycles. The summed E-state index contributed by atoms with van der Waals surface area (Å²) in [6.45, 7) is 16.0. The van der Waals surface area contributed by atoms with Crippen molar-refractivity contribution in [1.82, 2.24) is 0 Å². The Morgan fingerprint density at radius 2 is 1.38 bits per heavy atom. The molecule has 0 N–H and O–H groups in total. The third-order valence-corrected chi connectivity index (χ3v) is 4.83. The molecule has 0 radical (unpaired) electrons. The van der Waals surface area contributed by atoms with E-state index in [1.165, 1.54) is 16.7 Å². The van der Waals surface area contributed by atoms with Crippen LogP contribution in [0.3, 0.4) is 0 Å². The third kappa shape index (κ3) is 3.08. The predicted molar refractivity (Wildman–Crippen MR) is 77.1 cm³/mol. The van der Waals surface area contributed by atoms with E-state index in [0.717, 1.165) is 8.58 Å². The standard InChI is InChI=1S/C15H25P/c1-11-8-12(14(2,3)4)10-13(9-11)15(5,6)16-7/h8-10,16H,1-7H3. The highest BCUT2D eigenvalue weighted by Crippen LogP contribution is 2.40. The largest absolute Gasteiger partial charge is 0.115 e. The molecule has 0 aromatic heterocycles. The summed E-state index contributed by atoms with van der Waals surface area (Å²) >= 11 is 0. The van der Waals surface area contributed by atoms with E-state index in [9.17, 15) is 0 Å². The van der Waals surface area contributed by atoms with Crippen molar-refractivity contribution in [1.29, 1.82) is 0 Å². The summed E-state index contributed by atoms with van der Waals surface area (Å²) < 4.78 is 0. The second kappa shape index (κ2) is 4.49. The predicted octanol–water partition coefficient (Wildman–Crippen LogP) is 4.84. The van der Waals surface area contributed by atoms with Crippen LogP contribution in [0.2, 0.25) is 0 Å². The van der Waals surface area contributed by atoms with Gasteiger partial charge in [0.2, 0.25) is 0 Å². The summed E-state index contributed by atoms with van der Waals surface area (Å²) in [5.74, 6) is 0. The summed E-state index contributed by atoms with van der Waals surface area (Å²) in [6.07, 6.45) is 0. The maximum absolute atomic E-state index is 2.39. The first-order chi connectivity index (χ1) is 7.16. The molecule has 1 aromatic carbocycles. The molecule has 0 saturated carbocycles. The maximum atomic E-state index is 2.39. The van der Waals surface area contributed by atoms with Gasteiger partial charge in [-0.15, -0.1) is 8.58 Å². The molecule has 0 bridgehead atoms. The Morgan fingerprint density at radius 3 is 1.81 bits per heavy atom. The second-order valence-corrected chi connectivity index (χ2v) is 7.96. The Morgan fingerprint density at radius 1 is 0.875 bits per heavy atom. The lowest BCUT2D eigenvalue weighted by Gasteiger charge is -2.27. The molecule has 16 heavy (non-hydrogen) atoms.